The second kappa shape index (κ2) is 3.54. The van der Waals surface area contributed by atoms with Crippen LogP contribution in [0, 0.1) is 0 Å². The van der Waals surface area contributed by atoms with Crippen LogP contribution in [0.3, 0.4) is 0 Å². The Kier molecular flexibility index (Phi) is 5.03. The zero-order valence-corrected chi connectivity index (χ0v) is 12.6. The summed E-state index contributed by atoms with van der Waals surface area (Å²) in [5, 5.41) is 0. The first-order chi connectivity index (χ1) is 2.56. The first kappa shape index (κ1) is 8.54. The molecule has 5 heteroatoms. The molecule has 0 aromatic carbocycles. The first-order valence-electron chi connectivity index (χ1n) is 1.19. The fraction of sp³-hybridized carbons (Fsp3) is 1.00. The van der Waals surface area contributed by atoms with Crippen LogP contribution in [-0.2, 0) is 20.2 Å². The molecule has 0 aliphatic carbocycles. The van der Waals surface area contributed by atoms with Gasteiger partial charge in [-0.1, -0.05) is 0 Å². The Balaban J connectivity index is 3.17. The van der Waals surface area contributed by atoms with Gasteiger partial charge in [-0.3, -0.25) is 0 Å². The summed E-state index contributed by atoms with van der Waals surface area (Å²) in [7, 11) is 0. The summed E-state index contributed by atoms with van der Waals surface area (Å²) < 4.78 is -0.833. The van der Waals surface area contributed by atoms with E-state index in [0.717, 1.165) is 0 Å². The molecule has 0 aliphatic rings. The van der Waals surface area contributed by atoms with Crippen molar-refractivity contribution in [3.63, 3.8) is 0 Å². The third-order valence-corrected chi connectivity index (χ3v) is 26.8. The van der Waals surface area contributed by atoms with Crippen LogP contribution >= 0.6 is 52.5 Å². The minimum absolute atomic E-state index is 0.833. The topological polar surface area (TPSA) is 0 Å². The number of hydrogen-bond donors (Lipinski definition) is 0. The summed E-state index contributed by atoms with van der Waals surface area (Å²) in [6.07, 6.45) is 0. The van der Waals surface area contributed by atoms with Crippen molar-refractivity contribution in [3.05, 3.63) is 0 Å². The zero-order chi connectivity index (χ0) is 5.21. The molecule has 34 valence electrons. The predicted molar refractivity (Wildman–Crippen MR) is 34.3 cm³/mol. The molecule has 0 rings (SSSR count). The third-order valence-electron chi connectivity index (χ3n) is 0.152. The van der Waals surface area contributed by atoms with Crippen LogP contribution in [0.15, 0.2) is 0 Å². The first-order valence-corrected chi connectivity index (χ1v) is 20.5. The van der Waals surface area contributed by atoms with Crippen LogP contribution in [0.2, 0.25) is 0 Å². The molecule has 0 bridgehead atoms. The van der Waals surface area contributed by atoms with E-state index < -0.39 is 21.5 Å². The van der Waals surface area contributed by atoms with E-state index in [-0.39, 0.29) is 0 Å². The maximum absolute atomic E-state index is 5.34. The Morgan fingerprint density at radius 2 is 1.50 bits per heavy atom. The number of halogens is 4. The van der Waals surface area contributed by atoms with Gasteiger partial charge in [0.2, 0.25) is 0 Å². The van der Waals surface area contributed by atoms with Gasteiger partial charge in [0, 0.05) is 0 Å². The maximum atomic E-state index is 5.34. The van der Waals surface area contributed by atoms with E-state index in [1.165, 1.54) is 0 Å². The molecule has 0 aromatic heterocycles. The monoisotopic (exact) mass is 446 g/mol. The van der Waals surface area contributed by atoms with Crippen molar-refractivity contribution in [1.29, 1.82) is 0 Å². The molecule has 0 N–H and O–H groups in total. The van der Waals surface area contributed by atoms with Gasteiger partial charge in [0.15, 0.2) is 0 Å². The molecule has 0 radical (unpaired) electrons. The van der Waals surface area contributed by atoms with E-state index in [1.807, 2.05) is 0 Å². The molecule has 0 heterocycles. The van der Waals surface area contributed by atoms with Crippen LogP contribution in [-0.4, -0.2) is 1.30 Å². The molecule has 0 atom stereocenters. The quantitative estimate of drug-likeness (QED) is 0.305. The van der Waals surface area contributed by atoms with Crippen LogP contribution in [0.5, 0.6) is 0 Å². The SMILES string of the molecule is Cl[C](Cl)(Cl)[Hg][I]. The molecule has 0 amide bonds. The van der Waals surface area contributed by atoms with Crippen LogP contribution in [0.25, 0.3) is 0 Å². The molecule has 0 unspecified atom stereocenters. The fourth-order valence-electron chi connectivity index (χ4n) is 0. The van der Waals surface area contributed by atoms with Gasteiger partial charge in [0.05, 0.1) is 0 Å². The molecule has 0 aliphatic heterocycles. The summed E-state index contributed by atoms with van der Waals surface area (Å²) >= 11 is 17.1. The Bertz CT molecular complexity index is 40.5. The summed E-state index contributed by atoms with van der Waals surface area (Å²) in [6.45, 7) is 0. The fourth-order valence-corrected chi connectivity index (χ4v) is 0. The van der Waals surface area contributed by atoms with Gasteiger partial charge in [-0.2, -0.15) is 0 Å². The van der Waals surface area contributed by atoms with E-state index in [2.05, 4.69) is 17.7 Å². The van der Waals surface area contributed by atoms with Crippen molar-refractivity contribution in [2.45, 2.75) is 1.30 Å². The predicted octanol–water partition coefficient (Wildman–Crippen LogP) is 2.75. The molecule has 0 saturated heterocycles. The Hall–Kier alpha value is 2.54. The molecule has 0 saturated carbocycles. The van der Waals surface area contributed by atoms with Gasteiger partial charge >= 0.3 is 74.0 Å². The Labute approximate surface area is 72.7 Å². The molecular weight excluding hydrogens is 446 g/mol. The van der Waals surface area contributed by atoms with Gasteiger partial charge in [-0.05, 0) is 0 Å². The average molecular weight is 446 g/mol. The van der Waals surface area contributed by atoms with Crippen molar-refractivity contribution in [3.8, 4) is 0 Å². The molecule has 0 nitrogen and oxygen atoms in total. The second-order valence-corrected chi connectivity index (χ2v) is 20.3. The minimum atomic E-state index is -1.09. The van der Waals surface area contributed by atoms with E-state index in [9.17, 15) is 0 Å². The van der Waals surface area contributed by atoms with E-state index in [4.69, 9.17) is 34.8 Å². The van der Waals surface area contributed by atoms with Gasteiger partial charge in [0.1, 0.15) is 0 Å². The second-order valence-electron chi connectivity index (χ2n) is 0.749. The Morgan fingerprint density at radius 3 is 1.50 bits per heavy atom. The third kappa shape index (κ3) is 6.54. The summed E-state index contributed by atoms with van der Waals surface area (Å²) in [6, 6.07) is 0. The number of alkyl halides is 3. The molecule has 0 aromatic rings. The van der Waals surface area contributed by atoms with Gasteiger partial charge in [0.25, 0.3) is 0 Å². The standard InChI is InChI=1S/CCl3.Hg.HI/c2-1(3)4;;/h;;1H/q;+1;/p-1. The van der Waals surface area contributed by atoms with Crippen molar-refractivity contribution >= 4 is 52.5 Å². The zero-order valence-electron chi connectivity index (χ0n) is 2.72. The van der Waals surface area contributed by atoms with Crippen molar-refractivity contribution < 1.29 is 20.2 Å². The van der Waals surface area contributed by atoms with Crippen molar-refractivity contribution in [2.75, 3.05) is 0 Å². The number of rotatable bonds is 0. The summed E-state index contributed by atoms with van der Waals surface area (Å²) in [5.74, 6) is 0. The molecule has 0 fully saturated rings. The van der Waals surface area contributed by atoms with Crippen LogP contribution in [0.4, 0.5) is 0 Å². The van der Waals surface area contributed by atoms with Crippen molar-refractivity contribution in [2.24, 2.45) is 0 Å². The molecule has 6 heavy (non-hydrogen) atoms. The van der Waals surface area contributed by atoms with Crippen molar-refractivity contribution in [1.82, 2.24) is 0 Å². The van der Waals surface area contributed by atoms with Crippen LogP contribution in [0.1, 0.15) is 0 Å². The number of hydrogen-bond acceptors (Lipinski definition) is 0. The molecular formula is CCl3HgI. The summed E-state index contributed by atoms with van der Waals surface area (Å²) in [5.41, 5.74) is 0. The van der Waals surface area contributed by atoms with E-state index in [1.54, 1.807) is 0 Å². The van der Waals surface area contributed by atoms with Crippen LogP contribution < -0.4 is 0 Å². The normalized spacial score (nSPS) is 10.7. The van der Waals surface area contributed by atoms with E-state index >= 15 is 0 Å². The summed E-state index contributed by atoms with van der Waals surface area (Å²) in [4.78, 5) is 0. The molecule has 0 spiro atoms. The van der Waals surface area contributed by atoms with Gasteiger partial charge in [-0.25, -0.2) is 0 Å². The van der Waals surface area contributed by atoms with Gasteiger partial charge < -0.3 is 0 Å². The van der Waals surface area contributed by atoms with Gasteiger partial charge in [-0.15, -0.1) is 0 Å². The average Bonchev–Trinajstić information content (AvgIpc) is 1.35. The van der Waals surface area contributed by atoms with E-state index in [0.29, 0.717) is 0 Å². The Morgan fingerprint density at radius 1 is 1.33 bits per heavy atom.